The molecular formula is C24H33ClN6. The van der Waals surface area contributed by atoms with E-state index in [0.717, 1.165) is 67.5 Å². The molecule has 5 rings (SSSR count). The van der Waals surface area contributed by atoms with Gasteiger partial charge >= 0.3 is 0 Å². The van der Waals surface area contributed by atoms with Gasteiger partial charge in [0.2, 0.25) is 0 Å². The molecule has 0 saturated carbocycles. The summed E-state index contributed by atoms with van der Waals surface area (Å²) in [4.78, 5) is 14.3. The molecule has 2 aliphatic heterocycles. The van der Waals surface area contributed by atoms with E-state index in [0.29, 0.717) is 0 Å². The summed E-state index contributed by atoms with van der Waals surface area (Å²) >= 11 is 6.40. The van der Waals surface area contributed by atoms with Gasteiger partial charge in [-0.05, 0) is 50.6 Å². The average molecular weight is 441 g/mol. The summed E-state index contributed by atoms with van der Waals surface area (Å²) in [5, 5.41) is 4.48. The molecule has 2 fully saturated rings. The Labute approximate surface area is 190 Å². The highest BCUT2D eigenvalue weighted by atomic mass is 35.5. The number of piperazine rings is 1. The van der Waals surface area contributed by atoms with Crippen LogP contribution in [0.2, 0.25) is 5.02 Å². The molecule has 7 heteroatoms. The molecule has 0 aliphatic carbocycles. The minimum atomic E-state index is 0.171. The van der Waals surface area contributed by atoms with Gasteiger partial charge in [-0.3, -0.25) is 9.38 Å². The smallest absolute Gasteiger partial charge is 0.138 e. The van der Waals surface area contributed by atoms with Crippen LogP contribution in [0, 0.1) is 0 Å². The molecule has 3 aromatic rings. The van der Waals surface area contributed by atoms with Gasteiger partial charge in [-0.25, -0.2) is 4.98 Å². The van der Waals surface area contributed by atoms with Gasteiger partial charge in [-0.2, -0.15) is 0 Å². The zero-order valence-electron chi connectivity index (χ0n) is 18.8. The molecule has 2 atom stereocenters. The summed E-state index contributed by atoms with van der Waals surface area (Å²) in [5.41, 5.74) is 3.06. The Morgan fingerprint density at radius 1 is 1.00 bits per heavy atom. The summed E-state index contributed by atoms with van der Waals surface area (Å²) in [5.74, 6) is 1.23. The van der Waals surface area contributed by atoms with Gasteiger partial charge in [0.15, 0.2) is 0 Å². The zero-order chi connectivity index (χ0) is 21.8. The first-order valence-corrected chi connectivity index (χ1v) is 11.8. The Hall–Kier alpha value is -2.15. The number of pyridine rings is 2. The van der Waals surface area contributed by atoms with Crippen molar-refractivity contribution >= 4 is 23.1 Å². The topological polar surface area (TPSA) is 48.7 Å². The maximum atomic E-state index is 6.40. The molecule has 0 radical (unpaired) electrons. The van der Waals surface area contributed by atoms with Crippen LogP contribution in [0.25, 0.3) is 5.65 Å². The second-order valence-electron chi connectivity index (χ2n) is 8.14. The molecule has 0 amide bonds. The molecule has 1 N–H and O–H groups in total. The molecule has 2 saturated heterocycles. The molecule has 0 aromatic carbocycles. The number of hydrogen-bond acceptors (Lipinski definition) is 5. The molecule has 31 heavy (non-hydrogen) atoms. The first kappa shape index (κ1) is 22.1. The van der Waals surface area contributed by atoms with Crippen LogP contribution < -0.4 is 10.2 Å². The lowest BCUT2D eigenvalue weighted by Crippen LogP contribution is -2.45. The van der Waals surface area contributed by atoms with Crippen LogP contribution >= 0.6 is 11.6 Å². The largest absolute Gasteiger partial charge is 0.355 e. The van der Waals surface area contributed by atoms with Crippen molar-refractivity contribution in [1.82, 2.24) is 24.6 Å². The monoisotopic (exact) mass is 440 g/mol. The molecule has 6 nitrogen and oxygen atoms in total. The highest BCUT2D eigenvalue weighted by Crippen LogP contribution is 2.34. The Morgan fingerprint density at radius 2 is 1.77 bits per heavy atom. The first-order valence-electron chi connectivity index (χ1n) is 11.5. The van der Waals surface area contributed by atoms with E-state index in [4.69, 9.17) is 16.6 Å². The number of aromatic nitrogens is 3. The lowest BCUT2D eigenvalue weighted by Gasteiger charge is -2.34. The van der Waals surface area contributed by atoms with E-state index in [1.807, 2.05) is 32.2 Å². The number of halogens is 1. The van der Waals surface area contributed by atoms with E-state index in [-0.39, 0.29) is 12.1 Å². The van der Waals surface area contributed by atoms with E-state index >= 15 is 0 Å². The van der Waals surface area contributed by atoms with Crippen LogP contribution in [0.3, 0.4) is 0 Å². The summed E-state index contributed by atoms with van der Waals surface area (Å²) in [6, 6.07) is 10.6. The summed E-state index contributed by atoms with van der Waals surface area (Å²) in [6.45, 7) is 8.28. The Kier molecular flexibility index (Phi) is 7.10. The van der Waals surface area contributed by atoms with Crippen LogP contribution in [0.15, 0.2) is 42.7 Å². The average Bonchev–Trinajstić information content (AvgIpc) is 3.26. The number of nitrogens with zero attached hydrogens (tertiary/aromatic N) is 5. The fourth-order valence-corrected chi connectivity index (χ4v) is 4.77. The van der Waals surface area contributed by atoms with E-state index in [1.54, 1.807) is 0 Å². The van der Waals surface area contributed by atoms with Gasteiger partial charge in [-0.1, -0.05) is 31.5 Å². The second kappa shape index (κ2) is 9.98. The number of rotatable bonds is 3. The van der Waals surface area contributed by atoms with Gasteiger partial charge in [0, 0.05) is 38.6 Å². The number of imidazole rings is 1. The van der Waals surface area contributed by atoms with Crippen molar-refractivity contribution in [3.05, 3.63) is 59.1 Å². The number of anilines is 1. The normalized spacial score (nSPS) is 22.3. The van der Waals surface area contributed by atoms with Crippen LogP contribution in [0.4, 0.5) is 5.82 Å². The van der Waals surface area contributed by atoms with E-state index in [9.17, 15) is 0 Å². The Balaban J connectivity index is 0.00000112. The summed E-state index contributed by atoms with van der Waals surface area (Å²) < 4.78 is 2.25. The van der Waals surface area contributed by atoms with Gasteiger partial charge in [0.1, 0.15) is 11.5 Å². The molecule has 2 unspecified atom stereocenters. The van der Waals surface area contributed by atoms with Gasteiger partial charge in [-0.15, -0.1) is 0 Å². The van der Waals surface area contributed by atoms with Crippen molar-refractivity contribution in [3.63, 3.8) is 0 Å². The number of fused-ring (bicyclic) bond motifs is 1. The predicted octanol–water partition coefficient (Wildman–Crippen LogP) is 4.72. The zero-order valence-corrected chi connectivity index (χ0v) is 19.5. The fraction of sp³-hybridized carbons (Fsp3) is 0.500. The van der Waals surface area contributed by atoms with E-state index in [1.165, 1.54) is 5.82 Å². The number of piperidine rings is 1. The predicted molar refractivity (Wildman–Crippen MR) is 128 cm³/mol. The molecule has 166 valence electrons. The summed E-state index contributed by atoms with van der Waals surface area (Å²) in [6.07, 6.45) is 7.29. The van der Waals surface area contributed by atoms with Gasteiger partial charge in [0.05, 0.1) is 28.5 Å². The number of likely N-dealkylation sites (N-methyl/N-ethyl adjacent to an activating group) is 1. The summed E-state index contributed by atoms with van der Waals surface area (Å²) in [7, 11) is 2.19. The van der Waals surface area contributed by atoms with Crippen molar-refractivity contribution in [3.8, 4) is 0 Å². The SMILES string of the molecule is CC.CN1CCN(c2cccc3nc(C4CCCC(c5ncccc5Cl)N4)cn23)CC1. The first-order chi connectivity index (χ1) is 15.2. The molecule has 3 aromatic heterocycles. The van der Waals surface area contributed by atoms with Crippen molar-refractivity contribution < 1.29 is 0 Å². The quantitative estimate of drug-likeness (QED) is 0.638. The van der Waals surface area contributed by atoms with Crippen molar-refractivity contribution in [2.45, 2.75) is 45.2 Å². The highest BCUT2D eigenvalue weighted by molar-refractivity contribution is 6.31. The third-order valence-electron chi connectivity index (χ3n) is 6.18. The molecule has 5 heterocycles. The van der Waals surface area contributed by atoms with Crippen molar-refractivity contribution in [1.29, 1.82) is 0 Å². The highest BCUT2D eigenvalue weighted by Gasteiger charge is 2.27. The van der Waals surface area contributed by atoms with E-state index in [2.05, 4.69) is 55.9 Å². The lowest BCUT2D eigenvalue weighted by molar-refractivity contribution is 0.311. The molecule has 0 spiro atoms. The van der Waals surface area contributed by atoms with Crippen molar-refractivity contribution in [2.75, 3.05) is 38.1 Å². The van der Waals surface area contributed by atoms with Crippen molar-refractivity contribution in [2.24, 2.45) is 0 Å². The number of hydrogen-bond donors (Lipinski definition) is 1. The van der Waals surface area contributed by atoms with Crippen LogP contribution in [-0.2, 0) is 0 Å². The second-order valence-corrected chi connectivity index (χ2v) is 8.55. The number of nitrogens with one attached hydrogen (secondary N) is 1. The van der Waals surface area contributed by atoms with E-state index < -0.39 is 0 Å². The lowest BCUT2D eigenvalue weighted by atomic mass is 9.94. The minimum absolute atomic E-state index is 0.171. The van der Waals surface area contributed by atoms with Gasteiger partial charge < -0.3 is 15.1 Å². The maximum absolute atomic E-state index is 6.40. The standard InChI is InChI=1S/C22H27ClN6.C2H6/c1-27-11-13-28(14-12-27)21-9-3-8-20-26-19(15-29(20)21)17-6-2-7-18(25-17)22-16(23)5-4-10-24-22;1-2/h3-5,8-10,15,17-18,25H,2,6-7,11-14H2,1H3;1-2H3. The van der Waals surface area contributed by atoms with Crippen LogP contribution in [0.5, 0.6) is 0 Å². The minimum Gasteiger partial charge on any atom is -0.355 e. The third-order valence-corrected chi connectivity index (χ3v) is 6.50. The molecule has 2 aliphatic rings. The maximum Gasteiger partial charge on any atom is 0.138 e. The Morgan fingerprint density at radius 3 is 2.55 bits per heavy atom. The fourth-order valence-electron chi connectivity index (χ4n) is 4.52. The Bertz CT molecular complexity index is 995. The van der Waals surface area contributed by atoms with Gasteiger partial charge in [0.25, 0.3) is 0 Å². The third kappa shape index (κ3) is 4.71. The van der Waals surface area contributed by atoms with Crippen LogP contribution in [0.1, 0.15) is 56.6 Å². The van der Waals surface area contributed by atoms with Crippen LogP contribution in [-0.4, -0.2) is 52.5 Å². The molecular weight excluding hydrogens is 408 g/mol. The molecule has 0 bridgehead atoms.